The maximum Gasteiger partial charge on any atom is 0.215 e. The van der Waals surface area contributed by atoms with Crippen molar-refractivity contribution in [3.05, 3.63) is 11.8 Å². The second-order valence-corrected chi connectivity index (χ2v) is 12.7. The Bertz CT molecular complexity index is 1050. The summed E-state index contributed by atoms with van der Waals surface area (Å²) in [5, 5.41) is 59.3. The van der Waals surface area contributed by atoms with E-state index in [9.17, 15) is 30.3 Å². The van der Waals surface area contributed by atoms with Crippen molar-refractivity contribution < 1.29 is 49.3 Å². The van der Waals surface area contributed by atoms with Gasteiger partial charge >= 0.3 is 0 Å². The zero-order valence-electron chi connectivity index (χ0n) is 25.5. The summed E-state index contributed by atoms with van der Waals surface area (Å²) in [6.45, 7) is 3.31. The van der Waals surface area contributed by atoms with Gasteiger partial charge in [-0.3, -0.25) is 9.69 Å². The molecule has 0 aromatic heterocycles. The minimum absolute atomic E-state index is 0.0646. The third kappa shape index (κ3) is 6.17. The Morgan fingerprint density at radius 3 is 2.41 bits per heavy atom. The molecule has 254 valence electrons. The van der Waals surface area contributed by atoms with Crippen LogP contribution in [-0.4, -0.2) is 161 Å². The van der Waals surface area contributed by atoms with Crippen molar-refractivity contribution in [2.45, 2.75) is 98.2 Å². The maximum atomic E-state index is 14.0. The van der Waals surface area contributed by atoms with Crippen LogP contribution in [0.4, 0.5) is 0 Å². The lowest BCUT2D eigenvalue weighted by Crippen LogP contribution is -2.86. The molecule has 1 saturated carbocycles. The standard InChI is InChI=1S/C27H51N7O10/c1-4-34-9-26(40,10-34)19-15(31)18(43-23-13(30)6-5-12(7-28)42-23)16(36)22(27(19,32)21(38)14(35)8-29)44-24-17(37)20(33-3)25(2,39)11-41-24/h5,13-20,22-24,33,35-37,39-40H,4,6-11,28-32H2,1-3H3/t13-,14+,15-,16+,17-,18-,19?,20-,22-,23-,24-,25+,27+/m1/s1. The van der Waals surface area contributed by atoms with Crippen molar-refractivity contribution in [2.24, 2.45) is 34.6 Å². The number of carbonyl (C=O) groups is 1. The molecule has 0 aromatic rings. The molecule has 4 aliphatic rings. The molecule has 0 bridgehead atoms. The Morgan fingerprint density at radius 1 is 1.18 bits per heavy atom. The molecule has 2 saturated heterocycles. The number of aliphatic hydroxyl groups excluding tert-OH is 3. The van der Waals surface area contributed by atoms with E-state index in [0.717, 1.165) is 0 Å². The van der Waals surface area contributed by atoms with Crippen molar-refractivity contribution >= 4 is 5.78 Å². The number of likely N-dealkylation sites (tertiary alicyclic amines) is 1. The molecule has 4 rings (SSSR count). The molecule has 0 aromatic carbocycles. The molecule has 1 aliphatic carbocycles. The number of β-amino-alcohol motifs (C(OH)–C–C–N with tert-alkyl or cyclic N) is 1. The van der Waals surface area contributed by atoms with Crippen molar-refractivity contribution in [2.75, 3.05) is 46.4 Å². The Morgan fingerprint density at radius 2 is 1.84 bits per heavy atom. The van der Waals surface area contributed by atoms with E-state index in [4.69, 9.17) is 47.6 Å². The normalized spacial score (nSPS) is 45.2. The number of likely N-dealkylation sites (N-methyl/N-ethyl adjacent to an activating group) is 2. The van der Waals surface area contributed by atoms with E-state index < -0.39 is 96.2 Å². The molecule has 0 amide bonds. The molecule has 17 nitrogen and oxygen atoms in total. The first-order valence-corrected chi connectivity index (χ1v) is 15.0. The van der Waals surface area contributed by atoms with Gasteiger partial charge in [-0.2, -0.15) is 0 Å². The first-order valence-electron chi connectivity index (χ1n) is 15.0. The summed E-state index contributed by atoms with van der Waals surface area (Å²) in [5.41, 5.74) is 25.8. The van der Waals surface area contributed by atoms with Crippen LogP contribution in [0.3, 0.4) is 0 Å². The Balaban J connectivity index is 1.79. The lowest BCUT2D eigenvalue weighted by Gasteiger charge is -2.62. The van der Waals surface area contributed by atoms with Gasteiger partial charge in [0.2, 0.25) is 6.29 Å². The van der Waals surface area contributed by atoms with E-state index in [1.807, 2.05) is 11.8 Å². The number of Topliss-reactive ketones (excluding diaryl/α,β-unsaturated/α-hetero) is 1. The summed E-state index contributed by atoms with van der Waals surface area (Å²) >= 11 is 0. The number of ether oxygens (including phenoxy) is 4. The van der Waals surface area contributed by atoms with Gasteiger partial charge in [0, 0.05) is 31.6 Å². The largest absolute Gasteiger partial charge is 0.467 e. The van der Waals surface area contributed by atoms with Gasteiger partial charge in [0.1, 0.15) is 47.4 Å². The Labute approximate surface area is 256 Å². The number of nitrogens with zero attached hydrogens (tertiary/aromatic N) is 1. The van der Waals surface area contributed by atoms with Crippen LogP contribution in [0.25, 0.3) is 0 Å². The Hall–Kier alpha value is -1.39. The van der Waals surface area contributed by atoms with Crippen LogP contribution >= 0.6 is 0 Å². The van der Waals surface area contributed by atoms with Crippen LogP contribution in [0.5, 0.6) is 0 Å². The van der Waals surface area contributed by atoms with Crippen LogP contribution in [0.15, 0.2) is 11.8 Å². The van der Waals surface area contributed by atoms with Crippen molar-refractivity contribution in [1.29, 1.82) is 0 Å². The van der Waals surface area contributed by atoms with Gasteiger partial charge in [-0.1, -0.05) is 6.92 Å². The number of hydrogen-bond donors (Lipinski definition) is 11. The van der Waals surface area contributed by atoms with E-state index in [1.165, 1.54) is 14.0 Å². The number of nitrogens with one attached hydrogen (secondary N) is 1. The van der Waals surface area contributed by atoms with Crippen molar-refractivity contribution in [3.63, 3.8) is 0 Å². The molecule has 3 fully saturated rings. The molecular formula is C27H51N7O10. The van der Waals surface area contributed by atoms with E-state index in [2.05, 4.69) is 5.32 Å². The minimum atomic E-state index is -2.37. The fourth-order valence-corrected chi connectivity index (χ4v) is 7.16. The van der Waals surface area contributed by atoms with Gasteiger partial charge in [-0.15, -0.1) is 0 Å². The Kier molecular flexibility index (Phi) is 10.8. The summed E-state index contributed by atoms with van der Waals surface area (Å²) in [6, 6.07) is -2.95. The highest BCUT2D eigenvalue weighted by atomic mass is 16.7. The SMILES string of the molecule is CCN1CC(O)(C2[C@H](N)[C@@H](O[C@H]3OC(CN)=CC[C@H]3N)[C@H](O)[C@@H](O[C@H]3OC[C@](C)(O)[C@H](NC)[C@H]3O)[C@@]2(N)C(=O)[C@@H](O)CN)C1. The smallest absolute Gasteiger partial charge is 0.215 e. The summed E-state index contributed by atoms with van der Waals surface area (Å²) in [7, 11) is 1.52. The predicted molar refractivity (Wildman–Crippen MR) is 155 cm³/mol. The van der Waals surface area contributed by atoms with Crippen LogP contribution in [0.1, 0.15) is 20.3 Å². The van der Waals surface area contributed by atoms with Gasteiger partial charge in [0.05, 0.1) is 30.8 Å². The number of nitrogens with two attached hydrogens (primary N) is 5. The van der Waals surface area contributed by atoms with Crippen LogP contribution in [-0.2, 0) is 23.7 Å². The highest BCUT2D eigenvalue weighted by Gasteiger charge is 2.70. The molecule has 0 spiro atoms. The highest BCUT2D eigenvalue weighted by Crippen LogP contribution is 2.47. The average molecular weight is 634 g/mol. The summed E-state index contributed by atoms with van der Waals surface area (Å²) in [6.07, 6.45) is -8.88. The van der Waals surface area contributed by atoms with Gasteiger partial charge < -0.3 is 78.5 Å². The van der Waals surface area contributed by atoms with E-state index >= 15 is 0 Å². The number of carbonyl (C=O) groups excluding carboxylic acids is 1. The molecule has 1 unspecified atom stereocenters. The topological polar surface area (TPSA) is 301 Å². The lowest BCUT2D eigenvalue weighted by molar-refractivity contribution is -0.321. The summed E-state index contributed by atoms with van der Waals surface area (Å²) in [4.78, 5) is 15.9. The predicted octanol–water partition coefficient (Wildman–Crippen LogP) is -6.30. The fourth-order valence-electron chi connectivity index (χ4n) is 7.16. The second kappa shape index (κ2) is 13.4. The van der Waals surface area contributed by atoms with Crippen molar-refractivity contribution in [3.8, 4) is 0 Å². The quantitative estimate of drug-likeness (QED) is 0.101. The average Bonchev–Trinajstić information content (AvgIpc) is 2.97. The molecule has 17 heteroatoms. The minimum Gasteiger partial charge on any atom is -0.467 e. The summed E-state index contributed by atoms with van der Waals surface area (Å²) < 4.78 is 23.8. The van der Waals surface area contributed by atoms with Gasteiger partial charge in [-0.25, -0.2) is 0 Å². The maximum absolute atomic E-state index is 14.0. The zero-order chi connectivity index (χ0) is 32.8. The molecule has 16 N–H and O–H groups in total. The van der Waals surface area contributed by atoms with Crippen LogP contribution in [0, 0.1) is 5.92 Å². The molecule has 13 atom stereocenters. The van der Waals surface area contributed by atoms with Crippen LogP contribution in [0.2, 0.25) is 0 Å². The first kappa shape index (κ1) is 35.5. The van der Waals surface area contributed by atoms with Gasteiger partial charge in [-0.05, 0) is 33.0 Å². The zero-order valence-corrected chi connectivity index (χ0v) is 25.5. The van der Waals surface area contributed by atoms with E-state index in [-0.39, 0.29) is 26.2 Å². The molecule has 3 aliphatic heterocycles. The van der Waals surface area contributed by atoms with Crippen molar-refractivity contribution in [1.82, 2.24) is 10.2 Å². The third-order valence-corrected chi connectivity index (χ3v) is 9.52. The number of hydrogen-bond acceptors (Lipinski definition) is 17. The number of ketones is 1. The molecule has 0 radical (unpaired) electrons. The monoisotopic (exact) mass is 633 g/mol. The molecule has 44 heavy (non-hydrogen) atoms. The number of aliphatic hydroxyl groups is 5. The molecule has 3 heterocycles. The third-order valence-electron chi connectivity index (χ3n) is 9.52. The number of rotatable bonds is 11. The second-order valence-electron chi connectivity index (χ2n) is 12.7. The van der Waals surface area contributed by atoms with E-state index in [0.29, 0.717) is 18.7 Å². The first-order chi connectivity index (χ1) is 20.6. The summed E-state index contributed by atoms with van der Waals surface area (Å²) in [5.74, 6) is -2.00. The fraction of sp³-hybridized carbons (Fsp3) is 0.889. The van der Waals surface area contributed by atoms with Crippen LogP contribution < -0.4 is 34.0 Å². The van der Waals surface area contributed by atoms with Gasteiger partial charge in [0.15, 0.2) is 12.1 Å². The lowest BCUT2D eigenvalue weighted by atomic mass is 9.56. The highest BCUT2D eigenvalue weighted by molar-refractivity contribution is 5.94. The van der Waals surface area contributed by atoms with Gasteiger partial charge in [0.25, 0.3) is 0 Å². The molecular weight excluding hydrogens is 582 g/mol. The van der Waals surface area contributed by atoms with E-state index in [1.54, 1.807) is 6.08 Å².